The average molecular weight is 246 g/mol. The Morgan fingerprint density at radius 2 is 2.39 bits per heavy atom. The van der Waals surface area contributed by atoms with Crippen molar-refractivity contribution < 1.29 is 4.79 Å². The van der Waals surface area contributed by atoms with Gasteiger partial charge in [0.05, 0.1) is 24.7 Å². The van der Waals surface area contributed by atoms with Gasteiger partial charge in [-0.05, 0) is 18.1 Å². The van der Waals surface area contributed by atoms with E-state index in [-0.39, 0.29) is 12.5 Å². The summed E-state index contributed by atoms with van der Waals surface area (Å²) >= 11 is 0. The minimum atomic E-state index is -0.0979. The number of rotatable bonds is 7. The maximum atomic E-state index is 11.4. The Kier molecular flexibility index (Phi) is 6.44. The maximum Gasteiger partial charge on any atom is 0.234 e. The van der Waals surface area contributed by atoms with E-state index >= 15 is 0 Å². The maximum absolute atomic E-state index is 11.4. The lowest BCUT2D eigenvalue weighted by Gasteiger charge is -2.08. The monoisotopic (exact) mass is 246 g/mol. The fourth-order valence-electron chi connectivity index (χ4n) is 1.57. The second-order valence-corrected chi connectivity index (χ2v) is 3.82. The minimum Gasteiger partial charge on any atom is -0.354 e. The van der Waals surface area contributed by atoms with E-state index in [0.717, 1.165) is 12.1 Å². The summed E-state index contributed by atoms with van der Waals surface area (Å²) in [7, 11) is 0. The number of hydrogen-bond donors (Lipinski definition) is 2. The molecule has 2 N–H and O–H groups in total. The van der Waals surface area contributed by atoms with Crippen molar-refractivity contribution in [2.24, 2.45) is 0 Å². The van der Waals surface area contributed by atoms with E-state index in [1.807, 2.05) is 18.2 Å². The van der Waals surface area contributed by atoms with Gasteiger partial charge in [0.15, 0.2) is 0 Å². The first kappa shape index (κ1) is 14.1. The Labute approximate surface area is 107 Å². The number of nitrogens with zero attached hydrogens (tertiary/aromatic N) is 2. The van der Waals surface area contributed by atoms with Crippen LogP contribution in [0.2, 0.25) is 0 Å². The summed E-state index contributed by atoms with van der Waals surface area (Å²) in [6.45, 7) is 3.30. The molecule has 0 atom stereocenters. The molecule has 0 aliphatic carbocycles. The SMILES string of the molecule is CCc1cccnc1CNCC(=O)NCCC#N. The van der Waals surface area contributed by atoms with E-state index in [4.69, 9.17) is 5.26 Å². The van der Waals surface area contributed by atoms with E-state index in [9.17, 15) is 4.79 Å². The van der Waals surface area contributed by atoms with Crippen molar-refractivity contribution in [2.45, 2.75) is 26.3 Å². The molecule has 1 aromatic heterocycles. The Morgan fingerprint density at radius 3 is 3.11 bits per heavy atom. The van der Waals surface area contributed by atoms with Gasteiger partial charge in [-0.2, -0.15) is 5.26 Å². The van der Waals surface area contributed by atoms with E-state index in [0.29, 0.717) is 19.5 Å². The third kappa shape index (κ3) is 4.93. The van der Waals surface area contributed by atoms with Crippen molar-refractivity contribution in [3.8, 4) is 6.07 Å². The molecule has 1 amide bonds. The Balaban J connectivity index is 2.29. The van der Waals surface area contributed by atoms with Crippen LogP contribution in [-0.4, -0.2) is 24.0 Å². The molecular weight excluding hydrogens is 228 g/mol. The lowest BCUT2D eigenvalue weighted by molar-refractivity contribution is -0.120. The van der Waals surface area contributed by atoms with Crippen molar-refractivity contribution in [3.05, 3.63) is 29.6 Å². The smallest absolute Gasteiger partial charge is 0.234 e. The van der Waals surface area contributed by atoms with Gasteiger partial charge in [0.2, 0.25) is 5.91 Å². The van der Waals surface area contributed by atoms with E-state index in [1.54, 1.807) is 6.20 Å². The van der Waals surface area contributed by atoms with Gasteiger partial charge in [0.25, 0.3) is 0 Å². The van der Waals surface area contributed by atoms with Gasteiger partial charge in [-0.3, -0.25) is 9.78 Å². The minimum absolute atomic E-state index is 0.0979. The first-order chi connectivity index (χ1) is 8.77. The summed E-state index contributed by atoms with van der Waals surface area (Å²) in [5, 5.41) is 14.0. The molecule has 0 fully saturated rings. The molecule has 0 aromatic carbocycles. The highest BCUT2D eigenvalue weighted by molar-refractivity contribution is 5.77. The van der Waals surface area contributed by atoms with Gasteiger partial charge >= 0.3 is 0 Å². The fraction of sp³-hybridized carbons (Fsp3) is 0.462. The molecule has 18 heavy (non-hydrogen) atoms. The van der Waals surface area contributed by atoms with Gasteiger partial charge in [-0.15, -0.1) is 0 Å². The molecule has 1 rings (SSSR count). The quantitative estimate of drug-likeness (QED) is 0.696. The van der Waals surface area contributed by atoms with E-state index in [1.165, 1.54) is 5.56 Å². The molecule has 0 unspecified atom stereocenters. The van der Waals surface area contributed by atoms with Crippen LogP contribution in [0.1, 0.15) is 24.6 Å². The summed E-state index contributed by atoms with van der Waals surface area (Å²) < 4.78 is 0. The summed E-state index contributed by atoms with van der Waals surface area (Å²) in [6, 6.07) is 5.93. The highest BCUT2D eigenvalue weighted by atomic mass is 16.1. The van der Waals surface area contributed by atoms with Crippen LogP contribution in [0, 0.1) is 11.3 Å². The zero-order chi connectivity index (χ0) is 13.2. The molecule has 0 saturated carbocycles. The number of pyridine rings is 1. The van der Waals surface area contributed by atoms with Crippen molar-refractivity contribution >= 4 is 5.91 Å². The van der Waals surface area contributed by atoms with Crippen molar-refractivity contribution in [1.29, 1.82) is 5.26 Å². The lowest BCUT2D eigenvalue weighted by atomic mass is 10.1. The van der Waals surface area contributed by atoms with E-state index < -0.39 is 0 Å². The molecule has 5 nitrogen and oxygen atoms in total. The van der Waals surface area contributed by atoms with Gasteiger partial charge in [0.1, 0.15) is 0 Å². The number of carbonyl (C=O) groups excluding carboxylic acids is 1. The molecule has 96 valence electrons. The first-order valence-corrected chi connectivity index (χ1v) is 6.05. The normalized spacial score (nSPS) is 9.78. The number of hydrogen-bond acceptors (Lipinski definition) is 4. The van der Waals surface area contributed by atoms with Crippen molar-refractivity contribution in [3.63, 3.8) is 0 Å². The molecule has 0 aliphatic rings. The van der Waals surface area contributed by atoms with Crippen LogP contribution in [0.3, 0.4) is 0 Å². The van der Waals surface area contributed by atoms with Crippen LogP contribution in [0.25, 0.3) is 0 Å². The summed E-state index contributed by atoms with van der Waals surface area (Å²) in [5.41, 5.74) is 2.17. The van der Waals surface area contributed by atoms with Gasteiger partial charge in [-0.25, -0.2) is 0 Å². The first-order valence-electron chi connectivity index (χ1n) is 6.05. The molecule has 0 aliphatic heterocycles. The third-order valence-corrected chi connectivity index (χ3v) is 2.50. The summed E-state index contributed by atoms with van der Waals surface area (Å²) in [5.74, 6) is -0.0979. The van der Waals surface area contributed by atoms with Crippen LogP contribution in [-0.2, 0) is 17.8 Å². The summed E-state index contributed by atoms with van der Waals surface area (Å²) in [6.07, 6.45) is 3.02. The van der Waals surface area contributed by atoms with Crippen LogP contribution < -0.4 is 10.6 Å². The molecule has 5 heteroatoms. The van der Waals surface area contributed by atoms with Gasteiger partial charge < -0.3 is 10.6 Å². The summed E-state index contributed by atoms with van der Waals surface area (Å²) in [4.78, 5) is 15.6. The Hall–Kier alpha value is -1.93. The molecule has 0 bridgehead atoms. The second kappa shape index (κ2) is 8.20. The lowest BCUT2D eigenvalue weighted by Crippen LogP contribution is -2.34. The largest absolute Gasteiger partial charge is 0.354 e. The average Bonchev–Trinajstić information content (AvgIpc) is 2.39. The number of aryl methyl sites for hydroxylation is 1. The van der Waals surface area contributed by atoms with Crippen LogP contribution >= 0.6 is 0 Å². The van der Waals surface area contributed by atoms with Gasteiger partial charge in [0, 0.05) is 19.3 Å². The molecule has 1 aromatic rings. The number of aromatic nitrogens is 1. The van der Waals surface area contributed by atoms with Crippen LogP contribution in [0.4, 0.5) is 0 Å². The number of nitrogens with one attached hydrogen (secondary N) is 2. The van der Waals surface area contributed by atoms with Crippen LogP contribution in [0.15, 0.2) is 18.3 Å². The number of amides is 1. The molecule has 0 radical (unpaired) electrons. The third-order valence-electron chi connectivity index (χ3n) is 2.50. The standard InChI is InChI=1S/C13H18N4O/c1-2-11-5-3-7-16-12(11)9-15-10-13(18)17-8-4-6-14/h3,5,7,15H,2,4,8-10H2,1H3,(H,17,18). The zero-order valence-electron chi connectivity index (χ0n) is 10.6. The predicted octanol–water partition coefficient (Wildman–Crippen LogP) is 0.763. The number of carbonyl (C=O) groups is 1. The van der Waals surface area contributed by atoms with Crippen LogP contribution in [0.5, 0.6) is 0 Å². The van der Waals surface area contributed by atoms with Crippen molar-refractivity contribution in [2.75, 3.05) is 13.1 Å². The number of nitriles is 1. The molecular formula is C13H18N4O. The molecule has 0 saturated heterocycles. The topological polar surface area (TPSA) is 77.8 Å². The second-order valence-electron chi connectivity index (χ2n) is 3.82. The molecule has 1 heterocycles. The fourth-order valence-corrected chi connectivity index (χ4v) is 1.57. The Morgan fingerprint density at radius 1 is 1.56 bits per heavy atom. The van der Waals surface area contributed by atoms with Gasteiger partial charge in [-0.1, -0.05) is 13.0 Å². The van der Waals surface area contributed by atoms with E-state index in [2.05, 4.69) is 22.5 Å². The zero-order valence-corrected chi connectivity index (χ0v) is 10.6. The highest BCUT2D eigenvalue weighted by Crippen LogP contribution is 2.05. The Bertz CT molecular complexity index is 425. The molecule has 0 spiro atoms. The van der Waals surface area contributed by atoms with Crippen molar-refractivity contribution in [1.82, 2.24) is 15.6 Å². The predicted molar refractivity (Wildman–Crippen MR) is 68.6 cm³/mol. The highest BCUT2D eigenvalue weighted by Gasteiger charge is 2.03.